The Balaban J connectivity index is 3.07. The number of rotatable bonds is 5. The third-order valence-corrected chi connectivity index (χ3v) is 3.34. The first-order valence-corrected chi connectivity index (χ1v) is 7.42. The fourth-order valence-corrected chi connectivity index (χ4v) is 2.37. The van der Waals surface area contributed by atoms with E-state index in [0.717, 1.165) is 6.92 Å². The standard InChI is InChI=1S/C15H22O9/c1-7-12(6-20-8(2)16)24-15(23-11(5)19)14(22-10(4)18)13(7)21-9(3)17/h7,12-15H,6H2,1-5H3/t7-,12+,13-,14+,15?/m0/s1. The Morgan fingerprint density at radius 1 is 0.792 bits per heavy atom. The lowest BCUT2D eigenvalue weighted by Gasteiger charge is -2.43. The van der Waals surface area contributed by atoms with E-state index in [1.54, 1.807) is 6.92 Å². The van der Waals surface area contributed by atoms with E-state index in [9.17, 15) is 19.2 Å². The Hall–Kier alpha value is -2.16. The molecule has 5 atom stereocenters. The number of hydrogen-bond acceptors (Lipinski definition) is 9. The van der Waals surface area contributed by atoms with Crippen molar-refractivity contribution in [2.24, 2.45) is 5.92 Å². The lowest BCUT2D eigenvalue weighted by molar-refractivity contribution is -0.286. The highest BCUT2D eigenvalue weighted by Gasteiger charge is 2.49. The Morgan fingerprint density at radius 3 is 1.75 bits per heavy atom. The normalized spacial score (nSPS) is 29.3. The third kappa shape index (κ3) is 5.80. The number of ether oxygens (including phenoxy) is 5. The second-order valence-electron chi connectivity index (χ2n) is 5.46. The van der Waals surface area contributed by atoms with E-state index in [1.807, 2.05) is 0 Å². The minimum Gasteiger partial charge on any atom is -0.463 e. The van der Waals surface area contributed by atoms with Crippen LogP contribution in [0.4, 0.5) is 0 Å². The minimum atomic E-state index is -1.28. The molecule has 24 heavy (non-hydrogen) atoms. The van der Waals surface area contributed by atoms with E-state index in [0.29, 0.717) is 0 Å². The van der Waals surface area contributed by atoms with E-state index < -0.39 is 54.4 Å². The van der Waals surface area contributed by atoms with Crippen molar-refractivity contribution < 1.29 is 42.9 Å². The van der Waals surface area contributed by atoms with Gasteiger partial charge in [-0.2, -0.15) is 0 Å². The second-order valence-corrected chi connectivity index (χ2v) is 5.46. The molecule has 0 aromatic heterocycles. The Bertz CT molecular complexity index is 501. The van der Waals surface area contributed by atoms with Crippen LogP contribution in [-0.4, -0.2) is 55.1 Å². The van der Waals surface area contributed by atoms with Crippen LogP contribution in [0.25, 0.3) is 0 Å². The second kappa shape index (κ2) is 8.62. The van der Waals surface area contributed by atoms with Gasteiger partial charge < -0.3 is 23.7 Å². The first-order valence-electron chi connectivity index (χ1n) is 7.42. The third-order valence-electron chi connectivity index (χ3n) is 3.34. The Kier molecular flexibility index (Phi) is 7.15. The van der Waals surface area contributed by atoms with Gasteiger partial charge in [0.25, 0.3) is 0 Å². The molecule has 9 nitrogen and oxygen atoms in total. The lowest BCUT2D eigenvalue weighted by atomic mass is 9.90. The lowest BCUT2D eigenvalue weighted by Crippen LogP contribution is -2.58. The zero-order chi connectivity index (χ0) is 18.4. The van der Waals surface area contributed by atoms with E-state index in [4.69, 9.17) is 23.7 Å². The summed E-state index contributed by atoms with van der Waals surface area (Å²) in [6.45, 7) is 6.33. The summed E-state index contributed by atoms with van der Waals surface area (Å²) in [5, 5.41) is 0. The Labute approximate surface area is 139 Å². The molecule has 0 spiro atoms. The highest BCUT2D eigenvalue weighted by atomic mass is 16.7. The predicted octanol–water partition coefficient (Wildman–Crippen LogP) is 0.337. The molecule has 9 heteroatoms. The van der Waals surface area contributed by atoms with Crippen LogP contribution in [0, 0.1) is 5.92 Å². The molecular formula is C15H22O9. The molecule has 0 aromatic rings. The smallest absolute Gasteiger partial charge is 0.305 e. The van der Waals surface area contributed by atoms with Gasteiger partial charge in [0.2, 0.25) is 12.4 Å². The zero-order valence-electron chi connectivity index (χ0n) is 14.3. The fourth-order valence-electron chi connectivity index (χ4n) is 2.37. The fraction of sp³-hybridized carbons (Fsp3) is 0.733. The van der Waals surface area contributed by atoms with Crippen LogP contribution in [0.5, 0.6) is 0 Å². The number of hydrogen-bond donors (Lipinski definition) is 0. The summed E-state index contributed by atoms with van der Waals surface area (Å²) in [6.07, 6.45) is -4.05. The molecule has 1 rings (SSSR count). The van der Waals surface area contributed by atoms with Crippen molar-refractivity contribution in [2.75, 3.05) is 6.61 Å². The molecule has 1 unspecified atom stereocenters. The van der Waals surface area contributed by atoms with Crippen LogP contribution in [0.1, 0.15) is 34.6 Å². The van der Waals surface area contributed by atoms with Crippen molar-refractivity contribution in [2.45, 2.75) is 59.2 Å². The van der Waals surface area contributed by atoms with Gasteiger partial charge in [-0.3, -0.25) is 19.2 Å². The van der Waals surface area contributed by atoms with Crippen LogP contribution < -0.4 is 0 Å². The average molecular weight is 346 g/mol. The maximum atomic E-state index is 11.4. The number of esters is 4. The molecule has 0 saturated carbocycles. The van der Waals surface area contributed by atoms with Gasteiger partial charge in [0, 0.05) is 33.6 Å². The van der Waals surface area contributed by atoms with Crippen LogP contribution in [0.15, 0.2) is 0 Å². The SMILES string of the molecule is CC(=O)OC[C@H]1OC(OC(C)=O)[C@H](OC(C)=O)[C@@H](OC(C)=O)[C@H]1C. The van der Waals surface area contributed by atoms with Crippen molar-refractivity contribution in [1.82, 2.24) is 0 Å². The molecule has 136 valence electrons. The molecule has 0 radical (unpaired) electrons. The predicted molar refractivity (Wildman–Crippen MR) is 77.3 cm³/mol. The molecule has 1 saturated heterocycles. The molecule has 0 bridgehead atoms. The Morgan fingerprint density at radius 2 is 1.29 bits per heavy atom. The molecule has 0 N–H and O–H groups in total. The van der Waals surface area contributed by atoms with Crippen molar-refractivity contribution >= 4 is 23.9 Å². The maximum Gasteiger partial charge on any atom is 0.305 e. The molecule has 1 fully saturated rings. The highest BCUT2D eigenvalue weighted by Crippen LogP contribution is 2.31. The summed E-state index contributed by atoms with van der Waals surface area (Å²) < 4.78 is 25.9. The maximum absolute atomic E-state index is 11.4. The summed E-state index contributed by atoms with van der Waals surface area (Å²) in [6, 6.07) is 0. The van der Waals surface area contributed by atoms with Crippen molar-refractivity contribution in [3.8, 4) is 0 Å². The largest absolute Gasteiger partial charge is 0.463 e. The van der Waals surface area contributed by atoms with Gasteiger partial charge in [-0.15, -0.1) is 0 Å². The van der Waals surface area contributed by atoms with E-state index in [-0.39, 0.29) is 6.61 Å². The van der Waals surface area contributed by atoms with Gasteiger partial charge in [0.15, 0.2) is 0 Å². The molecule has 0 amide bonds. The first-order chi connectivity index (χ1) is 11.1. The quantitative estimate of drug-likeness (QED) is 0.513. The van der Waals surface area contributed by atoms with Crippen molar-refractivity contribution in [3.63, 3.8) is 0 Å². The van der Waals surface area contributed by atoms with Crippen LogP contribution in [0.3, 0.4) is 0 Å². The highest BCUT2D eigenvalue weighted by molar-refractivity contribution is 5.68. The van der Waals surface area contributed by atoms with Crippen LogP contribution in [0.2, 0.25) is 0 Å². The van der Waals surface area contributed by atoms with E-state index >= 15 is 0 Å². The van der Waals surface area contributed by atoms with Gasteiger partial charge in [0.1, 0.15) is 18.8 Å². The van der Waals surface area contributed by atoms with Crippen molar-refractivity contribution in [3.05, 3.63) is 0 Å². The molecule has 1 aliphatic rings. The number of carbonyl (C=O) groups is 4. The first kappa shape index (κ1) is 19.9. The molecule has 0 aromatic carbocycles. The van der Waals surface area contributed by atoms with E-state index in [2.05, 4.69) is 0 Å². The average Bonchev–Trinajstić information content (AvgIpc) is 2.42. The molecule has 1 heterocycles. The minimum absolute atomic E-state index is 0.126. The topological polar surface area (TPSA) is 114 Å². The monoisotopic (exact) mass is 346 g/mol. The molecule has 1 aliphatic heterocycles. The van der Waals surface area contributed by atoms with Crippen LogP contribution >= 0.6 is 0 Å². The van der Waals surface area contributed by atoms with Gasteiger partial charge in [-0.05, 0) is 0 Å². The summed E-state index contributed by atoms with van der Waals surface area (Å²) in [4.78, 5) is 45.0. The molecule has 0 aliphatic carbocycles. The summed E-state index contributed by atoms with van der Waals surface area (Å²) >= 11 is 0. The van der Waals surface area contributed by atoms with Gasteiger partial charge in [-0.1, -0.05) is 6.92 Å². The van der Waals surface area contributed by atoms with Gasteiger partial charge >= 0.3 is 23.9 Å². The molecular weight excluding hydrogens is 324 g/mol. The summed E-state index contributed by atoms with van der Waals surface area (Å²) in [5.41, 5.74) is 0. The summed E-state index contributed by atoms with van der Waals surface area (Å²) in [7, 11) is 0. The van der Waals surface area contributed by atoms with Crippen molar-refractivity contribution in [1.29, 1.82) is 0 Å². The zero-order valence-corrected chi connectivity index (χ0v) is 14.3. The van der Waals surface area contributed by atoms with Crippen LogP contribution in [-0.2, 0) is 42.9 Å². The number of carbonyl (C=O) groups excluding carboxylic acids is 4. The van der Waals surface area contributed by atoms with Gasteiger partial charge in [-0.25, -0.2) is 0 Å². The van der Waals surface area contributed by atoms with E-state index in [1.165, 1.54) is 20.8 Å². The van der Waals surface area contributed by atoms with Gasteiger partial charge in [0.05, 0.1) is 0 Å². The summed E-state index contributed by atoms with van der Waals surface area (Å²) in [5.74, 6) is -2.91.